The van der Waals surface area contributed by atoms with Gasteiger partial charge in [-0.25, -0.2) is 9.97 Å². The second-order valence-electron chi connectivity index (χ2n) is 7.42. The zero-order valence-corrected chi connectivity index (χ0v) is 17.1. The van der Waals surface area contributed by atoms with Crippen LogP contribution in [-0.4, -0.2) is 19.5 Å². The Kier molecular flexibility index (Phi) is 4.80. The van der Waals surface area contributed by atoms with Gasteiger partial charge in [0.15, 0.2) is 0 Å². The van der Waals surface area contributed by atoms with Crippen molar-refractivity contribution in [1.82, 2.24) is 19.5 Å². The van der Waals surface area contributed by atoms with E-state index in [1.807, 2.05) is 59.2 Å². The van der Waals surface area contributed by atoms with E-state index in [4.69, 9.17) is 10.7 Å². The van der Waals surface area contributed by atoms with Gasteiger partial charge in [0.05, 0.1) is 17.1 Å². The standard InChI is InChI=1S/C25H22N6/c1-17(18-7-3-2-4-8-18)29-25-27-14-13-24(30-25)31-16-28-22-15-19(11-12-23(22)31)20-9-5-6-10-21(20)26/h2-17H,26H2,1H3,(H,27,29,30). The van der Waals surface area contributed by atoms with E-state index in [-0.39, 0.29) is 6.04 Å². The number of nitrogens with zero attached hydrogens (tertiary/aromatic N) is 4. The van der Waals surface area contributed by atoms with E-state index in [2.05, 4.69) is 46.5 Å². The molecule has 2 heterocycles. The average molecular weight is 406 g/mol. The average Bonchev–Trinajstić information content (AvgIpc) is 3.23. The summed E-state index contributed by atoms with van der Waals surface area (Å²) in [4.78, 5) is 13.7. The molecule has 0 fully saturated rings. The van der Waals surface area contributed by atoms with Crippen molar-refractivity contribution in [2.45, 2.75) is 13.0 Å². The molecule has 5 aromatic rings. The van der Waals surface area contributed by atoms with Crippen molar-refractivity contribution in [2.75, 3.05) is 11.1 Å². The van der Waals surface area contributed by atoms with Gasteiger partial charge in [0.25, 0.3) is 0 Å². The Balaban J connectivity index is 1.46. The first kappa shape index (κ1) is 18.8. The summed E-state index contributed by atoms with van der Waals surface area (Å²) in [5.74, 6) is 1.33. The van der Waals surface area contributed by atoms with Crippen LogP contribution in [0.4, 0.5) is 11.6 Å². The van der Waals surface area contributed by atoms with Gasteiger partial charge in [-0.15, -0.1) is 0 Å². The van der Waals surface area contributed by atoms with Crippen molar-refractivity contribution in [3.63, 3.8) is 0 Å². The summed E-state index contributed by atoms with van der Waals surface area (Å²) < 4.78 is 1.97. The summed E-state index contributed by atoms with van der Waals surface area (Å²) in [5, 5.41) is 3.38. The van der Waals surface area contributed by atoms with E-state index in [0.29, 0.717) is 5.95 Å². The first-order valence-electron chi connectivity index (χ1n) is 10.2. The number of rotatable bonds is 5. The Morgan fingerprint density at radius 1 is 0.903 bits per heavy atom. The minimum absolute atomic E-state index is 0.0925. The lowest BCUT2D eigenvalue weighted by atomic mass is 10.0. The number of nitrogens with one attached hydrogen (secondary N) is 1. The zero-order chi connectivity index (χ0) is 21.2. The van der Waals surface area contributed by atoms with Gasteiger partial charge in [-0.05, 0) is 42.3 Å². The molecule has 0 aliphatic rings. The molecule has 6 heteroatoms. The lowest BCUT2D eigenvalue weighted by Crippen LogP contribution is -2.10. The van der Waals surface area contributed by atoms with Gasteiger partial charge in [0.1, 0.15) is 12.1 Å². The highest BCUT2D eigenvalue weighted by Gasteiger charge is 2.11. The third kappa shape index (κ3) is 3.71. The molecule has 0 saturated carbocycles. The van der Waals surface area contributed by atoms with Crippen LogP contribution in [0.15, 0.2) is 91.4 Å². The van der Waals surface area contributed by atoms with Crippen LogP contribution in [0, 0.1) is 0 Å². The van der Waals surface area contributed by atoms with Gasteiger partial charge in [-0.3, -0.25) is 4.57 Å². The lowest BCUT2D eigenvalue weighted by molar-refractivity contribution is 0.854. The molecule has 0 spiro atoms. The molecule has 5 rings (SSSR count). The van der Waals surface area contributed by atoms with E-state index in [9.17, 15) is 0 Å². The predicted octanol–water partition coefficient (Wildman–Crippen LogP) is 5.24. The molecular weight excluding hydrogens is 384 g/mol. The number of hydrogen-bond donors (Lipinski definition) is 2. The number of hydrogen-bond acceptors (Lipinski definition) is 5. The van der Waals surface area contributed by atoms with Gasteiger partial charge in [0.2, 0.25) is 5.95 Å². The van der Waals surface area contributed by atoms with Gasteiger partial charge >= 0.3 is 0 Å². The maximum atomic E-state index is 6.14. The molecule has 2 aromatic heterocycles. The molecule has 0 amide bonds. The Morgan fingerprint density at radius 3 is 2.55 bits per heavy atom. The van der Waals surface area contributed by atoms with E-state index in [1.54, 1.807) is 12.5 Å². The lowest BCUT2D eigenvalue weighted by Gasteiger charge is -2.14. The molecular formula is C25H22N6. The van der Waals surface area contributed by atoms with E-state index >= 15 is 0 Å². The quantitative estimate of drug-likeness (QED) is 0.390. The van der Waals surface area contributed by atoms with Gasteiger partial charge < -0.3 is 11.1 Å². The maximum absolute atomic E-state index is 6.14. The van der Waals surface area contributed by atoms with Crippen LogP contribution in [0.5, 0.6) is 0 Å². The molecule has 0 aliphatic heterocycles. The van der Waals surface area contributed by atoms with Crippen molar-refractivity contribution < 1.29 is 0 Å². The van der Waals surface area contributed by atoms with Crippen molar-refractivity contribution in [2.24, 2.45) is 0 Å². The molecule has 1 unspecified atom stereocenters. The van der Waals surface area contributed by atoms with Crippen molar-refractivity contribution in [1.29, 1.82) is 0 Å². The molecule has 3 aromatic carbocycles. The van der Waals surface area contributed by atoms with E-state index in [1.165, 1.54) is 5.56 Å². The number of imidazole rings is 1. The molecule has 0 saturated heterocycles. The fourth-order valence-electron chi connectivity index (χ4n) is 3.69. The van der Waals surface area contributed by atoms with Crippen LogP contribution >= 0.6 is 0 Å². The van der Waals surface area contributed by atoms with Crippen molar-refractivity contribution in [3.05, 3.63) is 97.0 Å². The SMILES string of the molecule is CC(Nc1nccc(-n2cnc3cc(-c4ccccc4N)ccc32)n1)c1ccccc1. The van der Waals surface area contributed by atoms with Gasteiger partial charge in [-0.2, -0.15) is 4.98 Å². The fraction of sp³-hybridized carbons (Fsp3) is 0.0800. The minimum atomic E-state index is 0.0925. The molecule has 0 aliphatic carbocycles. The zero-order valence-electron chi connectivity index (χ0n) is 17.1. The number of fused-ring (bicyclic) bond motifs is 1. The highest BCUT2D eigenvalue weighted by Crippen LogP contribution is 2.29. The largest absolute Gasteiger partial charge is 0.398 e. The third-order valence-electron chi connectivity index (χ3n) is 5.35. The van der Waals surface area contributed by atoms with Crippen LogP contribution in [0.2, 0.25) is 0 Å². The minimum Gasteiger partial charge on any atom is -0.398 e. The summed E-state index contributed by atoms with van der Waals surface area (Å²) in [7, 11) is 0. The summed E-state index contributed by atoms with van der Waals surface area (Å²) in [6.45, 7) is 2.09. The Morgan fingerprint density at radius 2 is 1.71 bits per heavy atom. The van der Waals surface area contributed by atoms with Crippen LogP contribution in [0.25, 0.3) is 28.0 Å². The first-order valence-corrected chi connectivity index (χ1v) is 10.2. The maximum Gasteiger partial charge on any atom is 0.225 e. The van der Waals surface area contributed by atoms with Crippen LogP contribution in [0.1, 0.15) is 18.5 Å². The second-order valence-corrected chi connectivity index (χ2v) is 7.42. The number of benzene rings is 3. The van der Waals surface area contributed by atoms with Crippen LogP contribution in [-0.2, 0) is 0 Å². The summed E-state index contributed by atoms with van der Waals surface area (Å²) in [5.41, 5.74) is 12.0. The number of aromatic nitrogens is 4. The predicted molar refractivity (Wildman–Crippen MR) is 125 cm³/mol. The number of anilines is 2. The Labute approximate surface area is 180 Å². The Hall–Kier alpha value is -4.19. The molecule has 152 valence electrons. The second kappa shape index (κ2) is 7.91. The molecule has 31 heavy (non-hydrogen) atoms. The van der Waals surface area contributed by atoms with E-state index in [0.717, 1.165) is 33.7 Å². The van der Waals surface area contributed by atoms with Crippen LogP contribution < -0.4 is 11.1 Å². The molecule has 0 radical (unpaired) electrons. The van der Waals surface area contributed by atoms with E-state index < -0.39 is 0 Å². The highest BCUT2D eigenvalue weighted by molar-refractivity contribution is 5.86. The summed E-state index contributed by atoms with van der Waals surface area (Å²) in [6, 6.07) is 26.2. The highest BCUT2D eigenvalue weighted by atomic mass is 15.2. The van der Waals surface area contributed by atoms with Crippen molar-refractivity contribution >= 4 is 22.7 Å². The van der Waals surface area contributed by atoms with Gasteiger partial charge in [0, 0.05) is 17.4 Å². The molecule has 6 nitrogen and oxygen atoms in total. The topological polar surface area (TPSA) is 81.7 Å². The van der Waals surface area contributed by atoms with Gasteiger partial charge in [-0.1, -0.05) is 54.6 Å². The summed E-state index contributed by atoms with van der Waals surface area (Å²) >= 11 is 0. The number of nitrogen functional groups attached to an aromatic ring is 1. The number of nitrogens with two attached hydrogens (primary N) is 1. The third-order valence-corrected chi connectivity index (χ3v) is 5.35. The Bertz CT molecular complexity index is 1340. The molecule has 1 atom stereocenters. The smallest absolute Gasteiger partial charge is 0.225 e. The van der Waals surface area contributed by atoms with Crippen LogP contribution in [0.3, 0.4) is 0 Å². The monoisotopic (exact) mass is 406 g/mol. The fourth-order valence-corrected chi connectivity index (χ4v) is 3.69. The number of para-hydroxylation sites is 1. The molecule has 3 N–H and O–H groups in total. The summed E-state index contributed by atoms with van der Waals surface area (Å²) in [6.07, 6.45) is 3.54. The molecule has 0 bridgehead atoms. The normalized spacial score (nSPS) is 12.0. The van der Waals surface area contributed by atoms with Crippen molar-refractivity contribution in [3.8, 4) is 16.9 Å². The first-order chi connectivity index (χ1) is 15.2.